The van der Waals surface area contributed by atoms with Crippen molar-refractivity contribution in [3.05, 3.63) is 64.2 Å². The maximum atomic E-state index is 14.8. The molecule has 0 spiro atoms. The molecule has 2 amide bonds. The number of methoxy groups -OCH3 is 1. The molecule has 0 saturated heterocycles. The first-order valence-electron chi connectivity index (χ1n) is 11.6. The molecular formula is C27H34F2N2O4. The molecule has 8 heteroatoms. The lowest BCUT2D eigenvalue weighted by Gasteiger charge is -2.37. The van der Waals surface area contributed by atoms with Crippen LogP contribution in [0.25, 0.3) is 0 Å². The molecule has 6 nitrogen and oxygen atoms in total. The first-order valence-corrected chi connectivity index (χ1v) is 11.6. The Morgan fingerprint density at radius 2 is 1.69 bits per heavy atom. The number of carbonyl (C=O) groups excluding carboxylic acids is 2. The first kappa shape index (κ1) is 26.6. The van der Waals surface area contributed by atoms with Crippen LogP contribution in [0.2, 0.25) is 0 Å². The van der Waals surface area contributed by atoms with Crippen molar-refractivity contribution in [3.63, 3.8) is 0 Å². The molecule has 3 rings (SSSR count). The number of rotatable bonds is 4. The zero-order valence-corrected chi connectivity index (χ0v) is 21.4. The van der Waals surface area contributed by atoms with Crippen LogP contribution >= 0.6 is 0 Å². The Balaban J connectivity index is 1.99. The van der Waals surface area contributed by atoms with Gasteiger partial charge in [-0.2, -0.15) is 0 Å². The molecule has 2 aromatic rings. The lowest BCUT2D eigenvalue weighted by Crippen LogP contribution is -2.47. The van der Waals surface area contributed by atoms with E-state index < -0.39 is 40.7 Å². The zero-order valence-electron chi connectivity index (χ0n) is 21.4. The van der Waals surface area contributed by atoms with Gasteiger partial charge in [0.25, 0.3) is 5.91 Å². The number of ether oxygens (including phenoxy) is 2. The van der Waals surface area contributed by atoms with Crippen LogP contribution in [-0.4, -0.2) is 36.2 Å². The van der Waals surface area contributed by atoms with Gasteiger partial charge in [-0.15, -0.1) is 0 Å². The lowest BCUT2D eigenvalue weighted by atomic mass is 9.86. The molecule has 0 saturated carbocycles. The van der Waals surface area contributed by atoms with E-state index in [-0.39, 0.29) is 17.8 Å². The Morgan fingerprint density at radius 1 is 1.06 bits per heavy atom. The number of amides is 2. The van der Waals surface area contributed by atoms with Gasteiger partial charge in [0.1, 0.15) is 23.3 Å². The summed E-state index contributed by atoms with van der Waals surface area (Å²) in [6, 6.07) is 6.74. The highest BCUT2D eigenvalue weighted by atomic mass is 19.1. The second kappa shape index (κ2) is 9.93. The molecule has 0 aliphatic carbocycles. The van der Waals surface area contributed by atoms with Gasteiger partial charge in [-0.25, -0.2) is 13.6 Å². The standard InChI is InChI=1S/C27H34F2N2O4/c1-26(2,3)22-20(28)13-18(14-21(22)29)30-24(32)23-19-9-8-16(15-34-7)12-17(19)10-11-31(23)25(33)35-27(4,5)6/h8-9,12-14,23H,10-11,15H2,1-7H3,(H,30,32)/t23-/m1/s1. The number of nitrogens with zero attached hydrogens (tertiary/aromatic N) is 1. The highest BCUT2D eigenvalue weighted by molar-refractivity contribution is 5.98. The highest BCUT2D eigenvalue weighted by Gasteiger charge is 2.38. The Hall–Kier alpha value is -3.00. The first-order chi connectivity index (χ1) is 16.2. The fraction of sp³-hybridized carbons (Fsp3) is 0.481. The molecule has 190 valence electrons. The third-order valence-electron chi connectivity index (χ3n) is 5.68. The van der Waals surface area contributed by atoms with Gasteiger partial charge >= 0.3 is 6.09 Å². The van der Waals surface area contributed by atoms with E-state index in [4.69, 9.17) is 9.47 Å². The zero-order chi connectivity index (χ0) is 26.1. The summed E-state index contributed by atoms with van der Waals surface area (Å²) in [7, 11) is 1.60. The van der Waals surface area contributed by atoms with Crippen molar-refractivity contribution in [2.45, 2.75) is 71.6 Å². The van der Waals surface area contributed by atoms with Crippen molar-refractivity contribution in [3.8, 4) is 0 Å². The second-order valence-corrected chi connectivity index (χ2v) is 10.8. The molecule has 1 atom stereocenters. The Labute approximate surface area is 205 Å². The van der Waals surface area contributed by atoms with E-state index in [0.29, 0.717) is 18.6 Å². The van der Waals surface area contributed by atoms with Crippen LogP contribution in [0.3, 0.4) is 0 Å². The predicted molar refractivity (Wildman–Crippen MR) is 130 cm³/mol. The van der Waals surface area contributed by atoms with Crippen LogP contribution in [0.4, 0.5) is 19.3 Å². The molecule has 0 bridgehead atoms. The van der Waals surface area contributed by atoms with Gasteiger partial charge in [-0.3, -0.25) is 9.69 Å². The quantitative estimate of drug-likeness (QED) is 0.584. The number of hydrogen-bond donors (Lipinski definition) is 1. The molecule has 0 aromatic heterocycles. The number of carbonyl (C=O) groups is 2. The monoisotopic (exact) mass is 488 g/mol. The van der Waals surface area contributed by atoms with Crippen LogP contribution in [0, 0.1) is 11.6 Å². The van der Waals surface area contributed by atoms with E-state index in [1.807, 2.05) is 12.1 Å². The Morgan fingerprint density at radius 3 is 2.23 bits per heavy atom. The minimum Gasteiger partial charge on any atom is -0.444 e. The van der Waals surface area contributed by atoms with Crippen molar-refractivity contribution >= 4 is 17.7 Å². The van der Waals surface area contributed by atoms with Crippen molar-refractivity contribution in [1.29, 1.82) is 0 Å². The molecule has 1 heterocycles. The Bertz CT molecular complexity index is 1100. The average molecular weight is 489 g/mol. The summed E-state index contributed by atoms with van der Waals surface area (Å²) in [5.41, 5.74) is 0.900. The number of fused-ring (bicyclic) bond motifs is 1. The van der Waals surface area contributed by atoms with Crippen LogP contribution in [0.5, 0.6) is 0 Å². The number of halogens is 2. The van der Waals surface area contributed by atoms with Gasteiger partial charge in [-0.1, -0.05) is 39.0 Å². The number of nitrogens with one attached hydrogen (secondary N) is 1. The second-order valence-electron chi connectivity index (χ2n) is 10.8. The van der Waals surface area contributed by atoms with Crippen LogP contribution < -0.4 is 5.32 Å². The minimum atomic E-state index is -1.03. The highest BCUT2D eigenvalue weighted by Crippen LogP contribution is 2.34. The van der Waals surface area contributed by atoms with Gasteiger partial charge in [-0.05, 0) is 61.4 Å². The van der Waals surface area contributed by atoms with E-state index in [0.717, 1.165) is 23.3 Å². The van der Waals surface area contributed by atoms with Gasteiger partial charge < -0.3 is 14.8 Å². The lowest BCUT2D eigenvalue weighted by molar-refractivity contribution is -0.121. The normalized spacial score (nSPS) is 16.0. The Kier molecular flexibility index (Phi) is 7.55. The largest absolute Gasteiger partial charge is 0.444 e. The third-order valence-corrected chi connectivity index (χ3v) is 5.68. The predicted octanol–water partition coefficient (Wildman–Crippen LogP) is 5.88. The fourth-order valence-electron chi connectivity index (χ4n) is 4.31. The van der Waals surface area contributed by atoms with Gasteiger partial charge in [0, 0.05) is 24.9 Å². The molecule has 0 fully saturated rings. The molecular weight excluding hydrogens is 454 g/mol. The van der Waals surface area contributed by atoms with Crippen LogP contribution in [-0.2, 0) is 32.7 Å². The topological polar surface area (TPSA) is 67.9 Å². The van der Waals surface area contributed by atoms with E-state index in [1.54, 1.807) is 54.7 Å². The summed E-state index contributed by atoms with van der Waals surface area (Å²) in [5.74, 6) is -2.08. The van der Waals surface area contributed by atoms with Crippen LogP contribution in [0.15, 0.2) is 30.3 Å². The van der Waals surface area contributed by atoms with Crippen molar-refractivity contribution in [2.24, 2.45) is 0 Å². The summed E-state index contributed by atoms with van der Waals surface area (Å²) in [5, 5.41) is 2.61. The number of hydrogen-bond acceptors (Lipinski definition) is 4. The van der Waals surface area contributed by atoms with Gasteiger partial charge in [0.15, 0.2) is 0 Å². The smallest absolute Gasteiger partial charge is 0.411 e. The van der Waals surface area contributed by atoms with Crippen molar-refractivity contribution < 1.29 is 27.8 Å². The van der Waals surface area contributed by atoms with Crippen LogP contribution in [0.1, 0.15) is 69.8 Å². The summed E-state index contributed by atoms with van der Waals surface area (Å²) in [4.78, 5) is 27.9. The van der Waals surface area contributed by atoms with Gasteiger partial charge in [0.2, 0.25) is 0 Å². The molecule has 1 aliphatic heterocycles. The fourth-order valence-corrected chi connectivity index (χ4v) is 4.31. The molecule has 1 aliphatic rings. The number of benzene rings is 2. The van der Waals surface area contributed by atoms with E-state index in [1.165, 1.54) is 4.90 Å². The third kappa shape index (κ3) is 6.17. The summed E-state index contributed by atoms with van der Waals surface area (Å²) in [6.45, 7) is 11.0. The maximum absolute atomic E-state index is 14.8. The molecule has 0 radical (unpaired) electrons. The summed E-state index contributed by atoms with van der Waals surface area (Å²) >= 11 is 0. The van der Waals surface area contributed by atoms with E-state index in [2.05, 4.69) is 5.32 Å². The maximum Gasteiger partial charge on any atom is 0.411 e. The summed E-state index contributed by atoms with van der Waals surface area (Å²) < 4.78 is 40.3. The molecule has 2 aromatic carbocycles. The van der Waals surface area contributed by atoms with E-state index in [9.17, 15) is 18.4 Å². The molecule has 35 heavy (non-hydrogen) atoms. The SMILES string of the molecule is COCc1ccc2c(c1)CCN(C(=O)OC(C)(C)C)[C@H]2C(=O)Nc1cc(F)c(C(C)(C)C)c(F)c1. The van der Waals surface area contributed by atoms with Gasteiger partial charge in [0.05, 0.1) is 6.61 Å². The minimum absolute atomic E-state index is 0.0229. The van der Waals surface area contributed by atoms with E-state index >= 15 is 0 Å². The average Bonchev–Trinajstić information content (AvgIpc) is 2.70. The van der Waals surface area contributed by atoms with Crippen molar-refractivity contribution in [1.82, 2.24) is 4.90 Å². The van der Waals surface area contributed by atoms with Crippen molar-refractivity contribution in [2.75, 3.05) is 19.0 Å². The number of anilines is 1. The molecule has 1 N–H and O–H groups in total. The summed E-state index contributed by atoms with van der Waals surface area (Å²) in [6.07, 6.45) is -0.107. The molecule has 0 unspecified atom stereocenters.